The van der Waals surface area contributed by atoms with Crippen LogP contribution in [0.3, 0.4) is 0 Å². The summed E-state index contributed by atoms with van der Waals surface area (Å²) in [5.74, 6) is 5.00. The Morgan fingerprint density at radius 1 is 1.28 bits per heavy atom. The molecule has 25 heavy (non-hydrogen) atoms. The monoisotopic (exact) mass is 336 g/mol. The molecule has 1 aromatic carbocycles. The third kappa shape index (κ3) is 4.58. The molecule has 3 aromatic rings. The molecule has 2 aromatic heterocycles. The second kappa shape index (κ2) is 9.66. The van der Waals surface area contributed by atoms with E-state index in [9.17, 15) is 4.79 Å². The van der Waals surface area contributed by atoms with E-state index in [1.54, 1.807) is 18.2 Å². The molecule has 10 heteroatoms. The maximum absolute atomic E-state index is 12.0. The Kier molecular flexibility index (Phi) is 7.24. The van der Waals surface area contributed by atoms with Crippen LogP contribution in [0, 0.1) is 23.7 Å². The van der Waals surface area contributed by atoms with Gasteiger partial charge in [0.1, 0.15) is 5.69 Å². The van der Waals surface area contributed by atoms with E-state index in [0.717, 1.165) is 5.56 Å². The molecule has 0 fully saturated rings. The highest BCUT2D eigenvalue weighted by Crippen LogP contribution is 2.23. The van der Waals surface area contributed by atoms with E-state index in [2.05, 4.69) is 38.7 Å². The van der Waals surface area contributed by atoms with Gasteiger partial charge >= 0.3 is 0 Å². The fraction of sp³-hybridized carbons (Fsp3) is 0. The van der Waals surface area contributed by atoms with E-state index in [0.29, 0.717) is 16.8 Å². The lowest BCUT2D eigenvalue weighted by Gasteiger charge is -2.00. The number of anilines is 1. The minimum absolute atomic E-state index is 0.188. The number of amides is 1. The Morgan fingerprint density at radius 3 is 2.68 bits per heavy atom. The second-order valence-electron chi connectivity index (χ2n) is 4.11. The largest absolute Gasteiger partial charge is 0.354 e. The predicted molar refractivity (Wildman–Crippen MR) is 89.1 cm³/mol. The van der Waals surface area contributed by atoms with Crippen molar-refractivity contribution in [2.75, 3.05) is 5.32 Å². The van der Waals surface area contributed by atoms with Crippen LogP contribution in [0.5, 0.6) is 0 Å². The molecule has 10 nitrogen and oxygen atoms in total. The summed E-state index contributed by atoms with van der Waals surface area (Å²) < 4.78 is 5.14. The first-order valence-electron chi connectivity index (χ1n) is 6.49. The van der Waals surface area contributed by atoms with Gasteiger partial charge in [-0.1, -0.05) is 5.16 Å². The standard InChI is InChI=1S/C13H10N6O2.2CHN/c14-17-6-8-1-2-11-9(5-8)12(19-21-11)18-13(20)10-7-15-3-4-16-10;2*1-2/h1-7H,14H2,(H,18,19,20);2*1H. The topological polar surface area (TPSA) is 167 Å². The Morgan fingerprint density at radius 2 is 2.04 bits per heavy atom. The number of nitrogens with one attached hydrogen (secondary N) is 1. The molecule has 0 aliphatic heterocycles. The Balaban J connectivity index is 0.000000730. The quantitative estimate of drug-likeness (QED) is 0.411. The summed E-state index contributed by atoms with van der Waals surface area (Å²) in [6.45, 7) is 7.00. The minimum atomic E-state index is -0.420. The van der Waals surface area contributed by atoms with Crippen molar-refractivity contribution < 1.29 is 9.32 Å². The molecule has 0 bridgehead atoms. The van der Waals surface area contributed by atoms with Gasteiger partial charge in [-0.2, -0.15) is 5.10 Å². The zero-order valence-electron chi connectivity index (χ0n) is 12.8. The molecular weight excluding hydrogens is 324 g/mol. The summed E-state index contributed by atoms with van der Waals surface area (Å²) in [5, 5.41) is 23.6. The van der Waals surface area contributed by atoms with Gasteiger partial charge in [0, 0.05) is 25.5 Å². The molecule has 0 unspecified atom stereocenters. The molecule has 1 amide bonds. The smallest absolute Gasteiger partial charge is 0.277 e. The number of fused-ring (bicyclic) bond motifs is 1. The predicted octanol–water partition coefficient (Wildman–Crippen LogP) is 1.44. The van der Waals surface area contributed by atoms with Crippen LogP contribution >= 0.6 is 0 Å². The summed E-state index contributed by atoms with van der Waals surface area (Å²) in [6.07, 6.45) is 5.77. The van der Waals surface area contributed by atoms with Crippen molar-refractivity contribution in [1.29, 1.82) is 10.5 Å². The van der Waals surface area contributed by atoms with Crippen LogP contribution < -0.4 is 11.2 Å². The van der Waals surface area contributed by atoms with Crippen molar-refractivity contribution in [1.82, 2.24) is 15.1 Å². The van der Waals surface area contributed by atoms with E-state index >= 15 is 0 Å². The number of carbonyl (C=O) groups is 1. The molecule has 3 N–H and O–H groups in total. The van der Waals surface area contributed by atoms with Crippen molar-refractivity contribution in [2.45, 2.75) is 0 Å². The summed E-state index contributed by atoms with van der Waals surface area (Å²) in [4.78, 5) is 19.8. The molecule has 0 spiro atoms. The lowest BCUT2D eigenvalue weighted by atomic mass is 10.2. The van der Waals surface area contributed by atoms with Gasteiger partial charge in [-0.15, -0.1) is 0 Å². The van der Waals surface area contributed by atoms with Gasteiger partial charge in [0.25, 0.3) is 5.91 Å². The fourth-order valence-corrected chi connectivity index (χ4v) is 1.80. The normalized spacial score (nSPS) is 9.44. The van der Waals surface area contributed by atoms with Crippen LogP contribution in [0.25, 0.3) is 11.0 Å². The first kappa shape index (κ1) is 18.7. The van der Waals surface area contributed by atoms with Gasteiger partial charge in [0.15, 0.2) is 11.4 Å². The molecule has 0 saturated heterocycles. The molecule has 0 atom stereocenters. The van der Waals surface area contributed by atoms with E-state index < -0.39 is 5.91 Å². The van der Waals surface area contributed by atoms with Crippen LogP contribution in [-0.2, 0) is 0 Å². The van der Waals surface area contributed by atoms with Gasteiger partial charge in [-0.05, 0) is 23.8 Å². The van der Waals surface area contributed by atoms with E-state index in [1.165, 1.54) is 24.8 Å². The van der Waals surface area contributed by atoms with E-state index in [4.69, 9.17) is 20.9 Å². The van der Waals surface area contributed by atoms with Crippen molar-refractivity contribution in [3.63, 3.8) is 0 Å². The van der Waals surface area contributed by atoms with Crippen molar-refractivity contribution >= 4 is 28.9 Å². The lowest BCUT2D eigenvalue weighted by molar-refractivity contribution is 0.102. The van der Waals surface area contributed by atoms with Gasteiger partial charge in [0.2, 0.25) is 0 Å². The first-order chi connectivity index (χ1) is 12.3. The number of nitrogens with zero attached hydrogens (tertiary/aromatic N) is 6. The van der Waals surface area contributed by atoms with Crippen LogP contribution in [0.1, 0.15) is 16.1 Å². The van der Waals surface area contributed by atoms with Crippen molar-refractivity contribution in [2.24, 2.45) is 10.9 Å². The fourth-order valence-electron chi connectivity index (χ4n) is 1.80. The van der Waals surface area contributed by atoms with Gasteiger partial charge in [-0.25, -0.2) is 15.5 Å². The Hall–Kier alpha value is -4.31. The average molecular weight is 336 g/mol. The highest BCUT2D eigenvalue weighted by Gasteiger charge is 2.14. The van der Waals surface area contributed by atoms with Crippen LogP contribution in [0.15, 0.2) is 46.4 Å². The molecule has 0 saturated carbocycles. The number of carbonyl (C=O) groups excluding carboxylic acids is 1. The molecule has 2 heterocycles. The van der Waals surface area contributed by atoms with Crippen molar-refractivity contribution in [3.05, 3.63) is 48.0 Å². The van der Waals surface area contributed by atoms with Gasteiger partial charge in [0.05, 0.1) is 17.8 Å². The number of nitrogens with two attached hydrogens (primary N) is 1. The number of aromatic nitrogens is 3. The zero-order chi connectivity index (χ0) is 18.7. The maximum atomic E-state index is 12.0. The number of hydrazone groups is 1. The average Bonchev–Trinajstić information content (AvgIpc) is 3.08. The second-order valence-corrected chi connectivity index (χ2v) is 4.11. The molecule has 0 radical (unpaired) electrons. The summed E-state index contributed by atoms with van der Waals surface area (Å²) in [6, 6.07) is 5.25. The number of hydrogen-bond donors (Lipinski definition) is 2. The molecule has 0 aliphatic carbocycles. The Labute approximate surface area is 142 Å². The van der Waals surface area contributed by atoms with Crippen LogP contribution in [-0.4, -0.2) is 27.2 Å². The SMILES string of the molecule is C#N.C#N.NN=Cc1ccc2onc(NC(=O)c3cnccn3)c2c1. The number of rotatable bonds is 3. The molecule has 124 valence electrons. The van der Waals surface area contributed by atoms with Crippen molar-refractivity contribution in [3.8, 4) is 13.1 Å². The third-order valence-corrected chi connectivity index (χ3v) is 2.75. The van der Waals surface area contributed by atoms with E-state index in [-0.39, 0.29) is 5.69 Å². The maximum Gasteiger partial charge on any atom is 0.277 e. The molecule has 3 rings (SSSR count). The number of benzene rings is 1. The number of nitriles is 2. The van der Waals surface area contributed by atoms with Gasteiger partial charge < -0.3 is 15.7 Å². The van der Waals surface area contributed by atoms with E-state index in [1.807, 2.05) is 0 Å². The van der Waals surface area contributed by atoms with Crippen LogP contribution in [0.2, 0.25) is 0 Å². The summed E-state index contributed by atoms with van der Waals surface area (Å²) >= 11 is 0. The Bertz CT molecular complexity index is 893. The lowest BCUT2D eigenvalue weighted by Crippen LogP contribution is -2.14. The first-order valence-corrected chi connectivity index (χ1v) is 6.49. The zero-order valence-corrected chi connectivity index (χ0v) is 12.8. The minimum Gasteiger partial charge on any atom is -0.354 e. The molecular formula is C15H12N8O2. The summed E-state index contributed by atoms with van der Waals surface area (Å²) in [7, 11) is 0. The number of hydrogen-bond acceptors (Lipinski definition) is 9. The van der Waals surface area contributed by atoms with Crippen LogP contribution in [0.4, 0.5) is 5.82 Å². The highest BCUT2D eigenvalue weighted by molar-refractivity contribution is 6.06. The highest BCUT2D eigenvalue weighted by atomic mass is 16.5. The molecule has 0 aliphatic rings. The summed E-state index contributed by atoms with van der Waals surface area (Å²) in [5.41, 5.74) is 1.50. The van der Waals surface area contributed by atoms with Gasteiger partial charge in [-0.3, -0.25) is 9.78 Å². The third-order valence-electron chi connectivity index (χ3n) is 2.75.